The van der Waals surface area contributed by atoms with Crippen LogP contribution in [0.1, 0.15) is 26.2 Å². The van der Waals surface area contributed by atoms with E-state index in [0.717, 1.165) is 19.4 Å². The lowest BCUT2D eigenvalue weighted by atomic mass is 9.98. The molecule has 0 aromatic heterocycles. The quantitative estimate of drug-likeness (QED) is 0.673. The molecule has 0 bridgehead atoms. The summed E-state index contributed by atoms with van der Waals surface area (Å²) < 4.78 is 0. The van der Waals surface area contributed by atoms with Gasteiger partial charge in [0.1, 0.15) is 0 Å². The second kappa shape index (κ2) is 6.89. The maximum atomic E-state index is 11.4. The van der Waals surface area contributed by atoms with Gasteiger partial charge in [-0.1, -0.05) is 13.3 Å². The van der Waals surface area contributed by atoms with Gasteiger partial charge in [0.2, 0.25) is 5.91 Å². The molecule has 1 atom stereocenters. The summed E-state index contributed by atoms with van der Waals surface area (Å²) in [6.45, 7) is 3.14. The van der Waals surface area contributed by atoms with Crippen LogP contribution in [-0.2, 0) is 4.79 Å². The van der Waals surface area contributed by atoms with Gasteiger partial charge in [-0.3, -0.25) is 4.79 Å². The van der Waals surface area contributed by atoms with Crippen LogP contribution in [0.15, 0.2) is 0 Å². The van der Waals surface area contributed by atoms with Gasteiger partial charge in [0.25, 0.3) is 0 Å². The van der Waals surface area contributed by atoms with Crippen LogP contribution in [0.3, 0.4) is 0 Å². The van der Waals surface area contributed by atoms with Crippen LogP contribution in [-0.4, -0.2) is 38.5 Å². The normalized spacial score (nSPS) is 12.6. The molecule has 0 radical (unpaired) electrons. The molecule has 1 amide bonds. The minimum absolute atomic E-state index is 0.239. The molecule has 3 heteroatoms. The van der Waals surface area contributed by atoms with E-state index < -0.39 is 0 Å². The van der Waals surface area contributed by atoms with Gasteiger partial charge in [-0.05, 0) is 25.9 Å². The lowest BCUT2D eigenvalue weighted by molar-refractivity contribution is -0.129. The van der Waals surface area contributed by atoms with Gasteiger partial charge in [0, 0.05) is 20.5 Å². The lowest BCUT2D eigenvalue weighted by Gasteiger charge is -2.17. The minimum Gasteiger partial charge on any atom is -0.349 e. The SMILES string of the molecule is CCC(CCNC)CC(=O)N(C)C. The molecule has 0 aliphatic heterocycles. The number of carbonyl (C=O) groups is 1. The average molecular weight is 186 g/mol. The van der Waals surface area contributed by atoms with E-state index in [4.69, 9.17) is 0 Å². The molecular weight excluding hydrogens is 164 g/mol. The van der Waals surface area contributed by atoms with E-state index in [9.17, 15) is 4.79 Å². The van der Waals surface area contributed by atoms with Crippen molar-refractivity contribution < 1.29 is 4.79 Å². The summed E-state index contributed by atoms with van der Waals surface area (Å²) in [5.41, 5.74) is 0. The second-order valence-corrected chi connectivity index (χ2v) is 3.66. The molecule has 78 valence electrons. The Morgan fingerprint density at radius 1 is 1.46 bits per heavy atom. The third kappa shape index (κ3) is 5.64. The summed E-state index contributed by atoms with van der Waals surface area (Å²) in [6, 6.07) is 0. The molecule has 0 aromatic carbocycles. The average Bonchev–Trinajstić information content (AvgIpc) is 2.11. The second-order valence-electron chi connectivity index (χ2n) is 3.66. The molecule has 3 nitrogen and oxygen atoms in total. The zero-order valence-electron chi connectivity index (χ0n) is 9.26. The van der Waals surface area contributed by atoms with Crippen LogP contribution in [0.5, 0.6) is 0 Å². The lowest BCUT2D eigenvalue weighted by Crippen LogP contribution is -2.25. The predicted octanol–water partition coefficient (Wildman–Crippen LogP) is 1.10. The summed E-state index contributed by atoms with van der Waals surface area (Å²) in [6.07, 6.45) is 2.86. The van der Waals surface area contributed by atoms with Crippen LogP contribution in [0.25, 0.3) is 0 Å². The van der Waals surface area contributed by atoms with E-state index in [2.05, 4.69) is 12.2 Å². The summed E-state index contributed by atoms with van der Waals surface area (Å²) in [7, 11) is 5.57. The number of nitrogens with zero attached hydrogens (tertiary/aromatic N) is 1. The van der Waals surface area contributed by atoms with Crippen molar-refractivity contribution in [2.24, 2.45) is 5.92 Å². The Kier molecular flexibility index (Phi) is 6.59. The first-order chi connectivity index (χ1) is 6.11. The van der Waals surface area contributed by atoms with E-state index in [1.54, 1.807) is 4.90 Å². The Bertz CT molecular complexity index is 146. The standard InChI is InChI=1S/C10H22N2O/c1-5-9(6-7-11-2)8-10(13)12(3)4/h9,11H,5-8H2,1-4H3. The van der Waals surface area contributed by atoms with Gasteiger partial charge >= 0.3 is 0 Å². The maximum absolute atomic E-state index is 11.4. The van der Waals surface area contributed by atoms with Gasteiger partial charge in [0.05, 0.1) is 0 Å². The van der Waals surface area contributed by atoms with Gasteiger partial charge in [-0.25, -0.2) is 0 Å². The Balaban J connectivity index is 3.76. The van der Waals surface area contributed by atoms with Crippen molar-refractivity contribution in [3.05, 3.63) is 0 Å². The third-order valence-corrected chi connectivity index (χ3v) is 2.34. The zero-order valence-corrected chi connectivity index (χ0v) is 9.26. The van der Waals surface area contributed by atoms with Crippen LogP contribution in [0.2, 0.25) is 0 Å². The van der Waals surface area contributed by atoms with Crippen LogP contribution in [0.4, 0.5) is 0 Å². The molecule has 13 heavy (non-hydrogen) atoms. The van der Waals surface area contributed by atoms with Crippen molar-refractivity contribution in [2.45, 2.75) is 26.2 Å². The number of hydrogen-bond acceptors (Lipinski definition) is 2. The zero-order chi connectivity index (χ0) is 10.3. The first-order valence-electron chi connectivity index (χ1n) is 4.96. The molecule has 0 heterocycles. The number of amides is 1. The summed E-state index contributed by atoms with van der Waals surface area (Å²) >= 11 is 0. The van der Waals surface area contributed by atoms with E-state index in [1.807, 2.05) is 21.1 Å². The van der Waals surface area contributed by atoms with E-state index in [1.165, 1.54) is 0 Å². The molecule has 0 rings (SSSR count). The first kappa shape index (κ1) is 12.4. The number of nitrogens with one attached hydrogen (secondary N) is 1. The summed E-state index contributed by atoms with van der Waals surface area (Å²) in [5, 5.41) is 3.11. The Morgan fingerprint density at radius 3 is 2.46 bits per heavy atom. The molecule has 0 spiro atoms. The highest BCUT2D eigenvalue weighted by Gasteiger charge is 2.12. The van der Waals surface area contributed by atoms with E-state index in [0.29, 0.717) is 12.3 Å². The van der Waals surface area contributed by atoms with Crippen molar-refractivity contribution in [3.8, 4) is 0 Å². The fraction of sp³-hybridized carbons (Fsp3) is 0.900. The van der Waals surface area contributed by atoms with Gasteiger partial charge < -0.3 is 10.2 Å². The Morgan fingerprint density at radius 2 is 2.08 bits per heavy atom. The van der Waals surface area contributed by atoms with Crippen molar-refractivity contribution in [1.82, 2.24) is 10.2 Å². The van der Waals surface area contributed by atoms with Crippen molar-refractivity contribution in [1.29, 1.82) is 0 Å². The largest absolute Gasteiger partial charge is 0.349 e. The Labute approximate surface area is 81.5 Å². The van der Waals surface area contributed by atoms with Crippen molar-refractivity contribution in [3.63, 3.8) is 0 Å². The third-order valence-electron chi connectivity index (χ3n) is 2.34. The summed E-state index contributed by atoms with van der Waals surface area (Å²) in [4.78, 5) is 13.0. The fourth-order valence-corrected chi connectivity index (χ4v) is 1.23. The van der Waals surface area contributed by atoms with Gasteiger partial charge in [-0.15, -0.1) is 0 Å². The highest BCUT2D eigenvalue weighted by Crippen LogP contribution is 2.13. The molecule has 0 saturated carbocycles. The molecule has 1 N–H and O–H groups in total. The topological polar surface area (TPSA) is 32.3 Å². The molecule has 0 aliphatic rings. The molecule has 0 fully saturated rings. The van der Waals surface area contributed by atoms with Gasteiger partial charge in [0.15, 0.2) is 0 Å². The fourth-order valence-electron chi connectivity index (χ4n) is 1.23. The minimum atomic E-state index is 0.239. The highest BCUT2D eigenvalue weighted by molar-refractivity contribution is 5.75. The van der Waals surface area contributed by atoms with Crippen LogP contribution < -0.4 is 5.32 Å². The smallest absolute Gasteiger partial charge is 0.222 e. The molecule has 0 saturated heterocycles. The first-order valence-corrected chi connectivity index (χ1v) is 4.96. The monoisotopic (exact) mass is 186 g/mol. The van der Waals surface area contributed by atoms with Crippen molar-refractivity contribution in [2.75, 3.05) is 27.7 Å². The molecule has 1 unspecified atom stereocenters. The Hall–Kier alpha value is -0.570. The van der Waals surface area contributed by atoms with Gasteiger partial charge in [-0.2, -0.15) is 0 Å². The highest BCUT2D eigenvalue weighted by atomic mass is 16.2. The summed E-state index contributed by atoms with van der Waals surface area (Å²) in [5.74, 6) is 0.769. The maximum Gasteiger partial charge on any atom is 0.222 e. The number of carbonyl (C=O) groups excluding carboxylic acids is 1. The van der Waals surface area contributed by atoms with Crippen LogP contribution >= 0.6 is 0 Å². The number of rotatable bonds is 6. The van der Waals surface area contributed by atoms with Crippen LogP contribution in [0, 0.1) is 5.92 Å². The molecular formula is C10H22N2O. The molecule has 0 aliphatic carbocycles. The predicted molar refractivity (Wildman–Crippen MR) is 55.6 cm³/mol. The molecule has 0 aromatic rings. The van der Waals surface area contributed by atoms with Crippen molar-refractivity contribution >= 4 is 5.91 Å². The van der Waals surface area contributed by atoms with E-state index >= 15 is 0 Å². The number of hydrogen-bond donors (Lipinski definition) is 1. The van der Waals surface area contributed by atoms with E-state index in [-0.39, 0.29) is 5.91 Å².